The van der Waals surface area contributed by atoms with Crippen LogP contribution in [0.1, 0.15) is 0 Å². The molecule has 22 heavy (non-hydrogen) atoms. The highest BCUT2D eigenvalue weighted by Crippen LogP contribution is 2.69. The fraction of sp³-hybridized carbons (Fsp3) is 1.00. The van der Waals surface area contributed by atoms with E-state index in [1.165, 1.54) is 0 Å². The van der Waals surface area contributed by atoms with Gasteiger partial charge in [0.2, 0.25) is 0 Å². The van der Waals surface area contributed by atoms with Crippen LogP contribution in [-0.4, -0.2) is 53.9 Å². The van der Waals surface area contributed by atoms with Crippen LogP contribution in [0.5, 0.6) is 0 Å². The van der Waals surface area contributed by atoms with Gasteiger partial charge in [0.25, 0.3) is 0 Å². The molecule has 1 fully saturated rings. The zero-order valence-electron chi connectivity index (χ0n) is 9.77. The monoisotopic (exact) mass is 361 g/mol. The first-order chi connectivity index (χ1) is 9.52. The zero-order chi connectivity index (χ0) is 18.0. The number of hydrogen-bond acceptors (Lipinski definition) is 1. The van der Waals surface area contributed by atoms with E-state index in [2.05, 4.69) is 0 Å². The van der Waals surface area contributed by atoms with Gasteiger partial charge in [-0.25, -0.2) is 18.1 Å². The third-order valence-corrected chi connectivity index (χ3v) is 3.13. The number of hydrogen-bond donors (Lipinski definition) is 0. The van der Waals surface area contributed by atoms with Crippen LogP contribution in [0, 0.1) is 0 Å². The Morgan fingerprint density at radius 3 is 0.909 bits per heavy atom. The van der Waals surface area contributed by atoms with Crippen molar-refractivity contribution in [2.24, 2.45) is 0 Å². The van der Waals surface area contributed by atoms with Gasteiger partial charge in [0, 0.05) is 0 Å². The van der Waals surface area contributed by atoms with Crippen LogP contribution in [0.15, 0.2) is 0 Å². The Hall–Kier alpha value is -0.950. The fourth-order valence-electron chi connectivity index (χ4n) is 1.80. The lowest BCUT2D eigenvalue weighted by Crippen LogP contribution is -2.87. The Bertz CT molecular complexity index is 409. The topological polar surface area (TPSA) is 3.24 Å². The van der Waals surface area contributed by atoms with Crippen LogP contribution in [0.2, 0.25) is 0 Å². The van der Waals surface area contributed by atoms with Crippen molar-refractivity contribution < 1.29 is 57.1 Å². The minimum atomic E-state index is -7.40. The maximum absolute atomic E-state index is 13.8. The van der Waals surface area contributed by atoms with Gasteiger partial charge in [0.15, 0.2) is 0 Å². The second-order valence-corrected chi connectivity index (χ2v) is 4.27. The summed E-state index contributed by atoms with van der Waals surface area (Å²) < 4.78 is 168. The van der Waals surface area contributed by atoms with E-state index in [4.69, 9.17) is 0 Å². The van der Waals surface area contributed by atoms with Crippen LogP contribution >= 0.6 is 0 Å². The first-order valence-corrected chi connectivity index (χ1v) is 4.97. The summed E-state index contributed by atoms with van der Waals surface area (Å²) in [4.78, 5) is -2.07. The zero-order valence-corrected chi connectivity index (χ0v) is 9.77. The van der Waals surface area contributed by atoms with Gasteiger partial charge >= 0.3 is 35.4 Å². The number of halogens is 13. The molecule has 0 radical (unpaired) electrons. The molecular formula is C8H4F13N. The standard InChI is InChI=1S/C8H4F13N/c9-1-22(2-10)8(21)6(17,18)4(13,14)3(11,12)5(15,16)7(8,19)20/h1-2H2. The van der Waals surface area contributed by atoms with Crippen LogP contribution in [0.4, 0.5) is 57.1 Å². The normalized spacial score (nSPS) is 30.3. The Balaban J connectivity index is 3.85. The van der Waals surface area contributed by atoms with Crippen molar-refractivity contribution in [2.45, 2.75) is 35.4 Å². The highest BCUT2D eigenvalue weighted by Gasteiger charge is 3.02. The lowest BCUT2D eigenvalue weighted by Gasteiger charge is -2.54. The van der Waals surface area contributed by atoms with Crippen molar-refractivity contribution in [1.82, 2.24) is 4.90 Å². The lowest BCUT2D eigenvalue weighted by molar-refractivity contribution is -0.507. The number of rotatable bonds is 3. The quantitative estimate of drug-likeness (QED) is 0.543. The van der Waals surface area contributed by atoms with Gasteiger partial charge in [0.1, 0.15) is 13.6 Å². The van der Waals surface area contributed by atoms with Gasteiger partial charge in [-0.3, -0.25) is 0 Å². The smallest absolute Gasteiger partial charge is 0.234 e. The van der Waals surface area contributed by atoms with Gasteiger partial charge in [-0.2, -0.15) is 43.9 Å². The SMILES string of the molecule is FCN(CF)C1(F)C(F)(F)C(F)(F)C(F)(F)C(F)(F)C1(F)F. The maximum atomic E-state index is 13.8. The Morgan fingerprint density at radius 2 is 0.682 bits per heavy atom. The molecule has 132 valence electrons. The summed E-state index contributed by atoms with van der Waals surface area (Å²) in [5, 5.41) is 0. The molecule has 0 heterocycles. The molecule has 0 saturated heterocycles. The van der Waals surface area contributed by atoms with Crippen LogP contribution in [0.25, 0.3) is 0 Å². The van der Waals surface area contributed by atoms with Crippen LogP contribution < -0.4 is 0 Å². The average Bonchev–Trinajstić information content (AvgIpc) is 2.37. The molecule has 1 saturated carbocycles. The fourth-order valence-corrected chi connectivity index (χ4v) is 1.80. The first-order valence-electron chi connectivity index (χ1n) is 4.97. The van der Waals surface area contributed by atoms with Crippen molar-refractivity contribution in [2.75, 3.05) is 13.6 Å². The van der Waals surface area contributed by atoms with Crippen LogP contribution in [-0.2, 0) is 0 Å². The molecule has 0 unspecified atom stereocenters. The molecule has 0 amide bonds. The van der Waals surface area contributed by atoms with Crippen LogP contribution in [0.3, 0.4) is 0 Å². The van der Waals surface area contributed by atoms with E-state index in [0.29, 0.717) is 0 Å². The summed E-state index contributed by atoms with van der Waals surface area (Å²) in [6, 6.07) is 0. The van der Waals surface area contributed by atoms with E-state index in [1.54, 1.807) is 0 Å². The van der Waals surface area contributed by atoms with Crippen molar-refractivity contribution in [3.63, 3.8) is 0 Å². The molecule has 1 aliphatic carbocycles. The summed E-state index contributed by atoms with van der Waals surface area (Å²) in [6.07, 6.45) is 0. The molecule has 0 N–H and O–H groups in total. The predicted molar refractivity (Wildman–Crippen MR) is 42.4 cm³/mol. The largest absolute Gasteiger partial charge is 0.384 e. The third kappa shape index (κ3) is 1.56. The van der Waals surface area contributed by atoms with E-state index in [1.807, 2.05) is 0 Å². The molecule has 0 bridgehead atoms. The lowest BCUT2D eigenvalue weighted by atomic mass is 9.76. The molecule has 1 nitrogen and oxygen atoms in total. The third-order valence-electron chi connectivity index (χ3n) is 3.13. The van der Waals surface area contributed by atoms with Crippen molar-refractivity contribution >= 4 is 0 Å². The highest BCUT2D eigenvalue weighted by atomic mass is 19.4. The number of nitrogens with zero attached hydrogens (tertiary/aromatic N) is 1. The van der Waals surface area contributed by atoms with E-state index < -0.39 is 53.9 Å². The minimum absolute atomic E-state index is 2.07. The molecular weight excluding hydrogens is 357 g/mol. The van der Waals surface area contributed by atoms with Crippen molar-refractivity contribution in [1.29, 1.82) is 0 Å². The summed E-state index contributed by atoms with van der Waals surface area (Å²) in [5.74, 6) is -43.4. The van der Waals surface area contributed by atoms with E-state index in [0.717, 1.165) is 0 Å². The summed E-state index contributed by atoms with van der Waals surface area (Å²) in [7, 11) is 0. The number of alkyl halides is 13. The van der Waals surface area contributed by atoms with E-state index in [-0.39, 0.29) is 0 Å². The highest BCUT2D eigenvalue weighted by molar-refractivity contribution is 5.25. The Morgan fingerprint density at radius 1 is 0.455 bits per heavy atom. The van der Waals surface area contributed by atoms with E-state index in [9.17, 15) is 57.1 Å². The molecule has 14 heteroatoms. The van der Waals surface area contributed by atoms with Crippen molar-refractivity contribution in [3.05, 3.63) is 0 Å². The van der Waals surface area contributed by atoms with E-state index >= 15 is 0 Å². The van der Waals surface area contributed by atoms with Crippen molar-refractivity contribution in [3.8, 4) is 0 Å². The summed E-state index contributed by atoms with van der Waals surface area (Å²) >= 11 is 0. The Kier molecular flexibility index (Phi) is 3.94. The Labute approximate surface area is 112 Å². The molecule has 0 aromatic heterocycles. The first kappa shape index (κ1) is 19.1. The summed E-state index contributed by atoms with van der Waals surface area (Å²) in [6.45, 7) is -6.01. The van der Waals surface area contributed by atoms with Gasteiger partial charge < -0.3 is 0 Å². The molecule has 0 atom stereocenters. The maximum Gasteiger partial charge on any atom is 0.384 e. The molecule has 0 spiro atoms. The second kappa shape index (κ2) is 4.54. The molecule has 0 aromatic rings. The van der Waals surface area contributed by atoms with Gasteiger partial charge in [-0.05, 0) is 0 Å². The molecule has 1 aliphatic rings. The van der Waals surface area contributed by atoms with Gasteiger partial charge in [-0.15, -0.1) is 0 Å². The van der Waals surface area contributed by atoms with Gasteiger partial charge in [-0.1, -0.05) is 0 Å². The van der Waals surface area contributed by atoms with Gasteiger partial charge in [0.05, 0.1) is 0 Å². The molecule has 0 aliphatic heterocycles. The molecule has 1 rings (SSSR count). The minimum Gasteiger partial charge on any atom is -0.234 e. The summed E-state index contributed by atoms with van der Waals surface area (Å²) in [5.41, 5.74) is 0. The molecule has 0 aromatic carbocycles. The second-order valence-electron chi connectivity index (χ2n) is 4.27. The predicted octanol–water partition coefficient (Wildman–Crippen LogP) is 4.00. The average molecular weight is 361 g/mol.